The van der Waals surface area contributed by atoms with Crippen LogP contribution in [0.3, 0.4) is 0 Å². The smallest absolute Gasteiger partial charge is 0.144 e. The van der Waals surface area contributed by atoms with E-state index in [1.807, 2.05) is 32.9 Å². The summed E-state index contributed by atoms with van der Waals surface area (Å²) in [5.74, 6) is 0. The van der Waals surface area contributed by atoms with Gasteiger partial charge in [0.05, 0.1) is 4.75 Å². The van der Waals surface area contributed by atoms with Crippen LogP contribution >= 0.6 is 11.6 Å². The maximum absolute atomic E-state index is 11.9. The highest BCUT2D eigenvalue weighted by atomic mass is 35.5. The van der Waals surface area contributed by atoms with E-state index in [0.717, 1.165) is 16.3 Å². The van der Waals surface area contributed by atoms with Gasteiger partial charge in [0.25, 0.3) is 0 Å². The number of benzene rings is 1. The minimum Gasteiger partial charge on any atom is -0.264 e. The van der Waals surface area contributed by atoms with Crippen molar-refractivity contribution < 1.29 is 4.21 Å². The number of fused-ring (bicyclic) bond motifs is 1. The number of hydrogen-bond donors (Lipinski definition) is 0. The van der Waals surface area contributed by atoms with Gasteiger partial charge in [0.1, 0.15) is 11.0 Å². The Balaban J connectivity index is 2.46. The molecule has 1 unspecified atom stereocenters. The van der Waals surface area contributed by atoms with Crippen LogP contribution in [-0.2, 0) is 11.0 Å². The summed E-state index contributed by atoms with van der Waals surface area (Å²) < 4.78 is 15.7. The van der Waals surface area contributed by atoms with Crippen LogP contribution in [0.15, 0.2) is 35.0 Å². The first kappa shape index (κ1) is 14.2. The van der Waals surface area contributed by atoms with Crippen molar-refractivity contribution in [2.45, 2.75) is 25.5 Å². The summed E-state index contributed by atoms with van der Waals surface area (Å²) in [7, 11) is -1.28. The lowest BCUT2D eigenvalue weighted by Gasteiger charge is -2.12. The molecular weight excluding hydrogens is 280 g/mol. The Labute approximate surface area is 120 Å². The molecule has 1 heterocycles. The number of pyridine rings is 1. The van der Waals surface area contributed by atoms with E-state index in [0.29, 0.717) is 5.02 Å². The second-order valence-electron chi connectivity index (χ2n) is 5.19. The summed E-state index contributed by atoms with van der Waals surface area (Å²) in [4.78, 5) is 4.10. The second-order valence-corrected chi connectivity index (χ2v) is 7.56. The summed E-state index contributed by atoms with van der Waals surface area (Å²) in [5, 5.41) is 2.56. The molecule has 1 aromatic heterocycles. The molecule has 2 rings (SSSR count). The zero-order valence-corrected chi connectivity index (χ0v) is 12.6. The normalized spacial score (nSPS) is 14.1. The van der Waals surface area contributed by atoms with Gasteiger partial charge < -0.3 is 0 Å². The molecule has 0 amide bonds. The SMILES string of the molecule is CC(C)(C)S(=O)/N=C/c1cc(Cl)cc2ccncc12. The van der Waals surface area contributed by atoms with Gasteiger partial charge in [-0.2, -0.15) is 4.40 Å². The Morgan fingerprint density at radius 3 is 2.79 bits per heavy atom. The van der Waals surface area contributed by atoms with E-state index in [1.54, 1.807) is 24.7 Å². The molecule has 0 saturated carbocycles. The van der Waals surface area contributed by atoms with Gasteiger partial charge in [-0.25, -0.2) is 4.21 Å². The summed E-state index contributed by atoms with van der Waals surface area (Å²) in [6, 6.07) is 5.56. The third-order valence-corrected chi connectivity index (χ3v) is 4.13. The Kier molecular flexibility index (Phi) is 4.02. The fourth-order valence-electron chi connectivity index (χ4n) is 1.56. The average molecular weight is 295 g/mol. The van der Waals surface area contributed by atoms with Gasteiger partial charge in [0.15, 0.2) is 0 Å². The van der Waals surface area contributed by atoms with Crippen molar-refractivity contribution in [1.29, 1.82) is 0 Å². The van der Waals surface area contributed by atoms with Gasteiger partial charge in [-0.05, 0) is 44.4 Å². The highest BCUT2D eigenvalue weighted by molar-refractivity contribution is 7.85. The molecule has 1 atom stereocenters. The van der Waals surface area contributed by atoms with Crippen molar-refractivity contribution in [2.75, 3.05) is 0 Å². The number of aromatic nitrogens is 1. The van der Waals surface area contributed by atoms with Crippen molar-refractivity contribution in [3.8, 4) is 0 Å². The molecule has 0 aliphatic carbocycles. The minimum atomic E-state index is -1.28. The van der Waals surface area contributed by atoms with Gasteiger partial charge in [-0.1, -0.05) is 11.6 Å². The number of rotatable bonds is 2. The van der Waals surface area contributed by atoms with Gasteiger partial charge in [0, 0.05) is 34.6 Å². The quantitative estimate of drug-likeness (QED) is 0.791. The predicted molar refractivity (Wildman–Crippen MR) is 82.2 cm³/mol. The van der Waals surface area contributed by atoms with Crippen LogP contribution in [0.5, 0.6) is 0 Å². The average Bonchev–Trinajstić information content (AvgIpc) is 2.34. The molecule has 0 fully saturated rings. The molecule has 0 N–H and O–H groups in total. The molecule has 5 heteroatoms. The monoisotopic (exact) mass is 294 g/mol. The molecule has 0 saturated heterocycles. The summed E-state index contributed by atoms with van der Waals surface area (Å²) in [6.45, 7) is 5.66. The Morgan fingerprint density at radius 2 is 2.11 bits per heavy atom. The van der Waals surface area contributed by atoms with E-state index in [2.05, 4.69) is 9.38 Å². The lowest BCUT2D eigenvalue weighted by molar-refractivity contribution is 0.651. The fraction of sp³-hybridized carbons (Fsp3) is 0.286. The topological polar surface area (TPSA) is 42.3 Å². The molecule has 0 radical (unpaired) electrons. The lowest BCUT2D eigenvalue weighted by atomic mass is 10.1. The molecule has 0 aliphatic heterocycles. The van der Waals surface area contributed by atoms with E-state index in [-0.39, 0.29) is 4.75 Å². The first-order valence-corrected chi connectivity index (χ1v) is 7.36. The molecule has 3 nitrogen and oxygen atoms in total. The van der Waals surface area contributed by atoms with Crippen molar-refractivity contribution >= 4 is 39.6 Å². The largest absolute Gasteiger partial charge is 0.264 e. The van der Waals surface area contributed by atoms with Crippen LogP contribution in [0.1, 0.15) is 26.3 Å². The van der Waals surface area contributed by atoms with Gasteiger partial charge in [-0.3, -0.25) is 4.98 Å². The fourth-order valence-corrected chi connectivity index (χ4v) is 2.32. The first-order valence-electron chi connectivity index (χ1n) is 5.87. The number of halogens is 1. The van der Waals surface area contributed by atoms with Gasteiger partial charge >= 0.3 is 0 Å². The standard InChI is InChI=1S/C14H15ClN2OS/c1-14(2,3)19(18)17-8-11-7-12(15)6-10-4-5-16-9-13(10)11/h4-9H,1-3H3/b17-8+. The van der Waals surface area contributed by atoms with Crippen molar-refractivity contribution in [3.63, 3.8) is 0 Å². The molecule has 1 aromatic carbocycles. The zero-order valence-electron chi connectivity index (χ0n) is 11.1. The minimum absolute atomic E-state index is 0.372. The summed E-state index contributed by atoms with van der Waals surface area (Å²) in [6.07, 6.45) is 5.08. The van der Waals surface area contributed by atoms with Crippen molar-refractivity contribution in [2.24, 2.45) is 4.40 Å². The van der Waals surface area contributed by atoms with E-state index in [9.17, 15) is 4.21 Å². The molecule has 2 aromatic rings. The van der Waals surface area contributed by atoms with Crippen LogP contribution in [0, 0.1) is 0 Å². The van der Waals surface area contributed by atoms with E-state index in [4.69, 9.17) is 11.6 Å². The second kappa shape index (κ2) is 5.39. The van der Waals surface area contributed by atoms with Crippen molar-refractivity contribution in [3.05, 3.63) is 41.2 Å². The zero-order chi connectivity index (χ0) is 14.0. The molecule has 100 valence electrons. The highest BCUT2D eigenvalue weighted by Crippen LogP contribution is 2.22. The van der Waals surface area contributed by atoms with Gasteiger partial charge in [0.2, 0.25) is 0 Å². The van der Waals surface area contributed by atoms with E-state index < -0.39 is 11.0 Å². The van der Waals surface area contributed by atoms with Crippen LogP contribution in [0.25, 0.3) is 10.8 Å². The maximum atomic E-state index is 11.9. The van der Waals surface area contributed by atoms with Crippen LogP contribution in [-0.4, -0.2) is 20.2 Å². The van der Waals surface area contributed by atoms with Crippen LogP contribution in [0.2, 0.25) is 5.02 Å². The van der Waals surface area contributed by atoms with E-state index >= 15 is 0 Å². The number of nitrogens with zero attached hydrogens (tertiary/aromatic N) is 2. The van der Waals surface area contributed by atoms with Gasteiger partial charge in [-0.15, -0.1) is 0 Å². The van der Waals surface area contributed by atoms with E-state index in [1.165, 1.54) is 0 Å². The summed E-state index contributed by atoms with van der Waals surface area (Å²) in [5.41, 5.74) is 0.827. The molecule has 0 bridgehead atoms. The third-order valence-electron chi connectivity index (χ3n) is 2.56. The predicted octanol–water partition coefficient (Wildman–Crippen LogP) is 3.77. The molecule has 19 heavy (non-hydrogen) atoms. The maximum Gasteiger partial charge on any atom is 0.144 e. The van der Waals surface area contributed by atoms with Crippen molar-refractivity contribution in [1.82, 2.24) is 4.98 Å². The molecule has 0 aliphatic rings. The number of hydrogen-bond acceptors (Lipinski definition) is 2. The van der Waals surface area contributed by atoms with Crippen LogP contribution < -0.4 is 0 Å². The Morgan fingerprint density at radius 1 is 1.37 bits per heavy atom. The Bertz CT molecular complexity index is 662. The molecular formula is C14H15ClN2OS. The Hall–Kier alpha value is -1.26. The molecule has 0 spiro atoms. The van der Waals surface area contributed by atoms with Crippen LogP contribution in [0.4, 0.5) is 0 Å². The first-order chi connectivity index (χ1) is 8.88. The highest BCUT2D eigenvalue weighted by Gasteiger charge is 2.18. The third kappa shape index (κ3) is 3.39. The summed E-state index contributed by atoms with van der Waals surface area (Å²) >= 11 is 6.07. The lowest BCUT2D eigenvalue weighted by Crippen LogP contribution is -2.19.